The lowest BCUT2D eigenvalue weighted by atomic mass is 9.60. The Balaban J connectivity index is 2.30. The van der Waals surface area contributed by atoms with E-state index < -0.39 is 22.6 Å². The second-order valence-corrected chi connectivity index (χ2v) is 8.27. The Morgan fingerprint density at radius 3 is 2.57 bits per heavy atom. The minimum absolute atomic E-state index is 0.384. The Morgan fingerprint density at radius 2 is 2.09 bits per heavy atom. The molecule has 124 valence electrons. The van der Waals surface area contributed by atoms with Crippen LogP contribution in [0.15, 0.2) is 10.7 Å². The van der Waals surface area contributed by atoms with Gasteiger partial charge in [0.2, 0.25) is 0 Å². The summed E-state index contributed by atoms with van der Waals surface area (Å²) in [7, 11) is 0. The van der Waals surface area contributed by atoms with Gasteiger partial charge in [-0.1, -0.05) is 0 Å². The van der Waals surface area contributed by atoms with Crippen LogP contribution in [0, 0.1) is 23.7 Å². The molecule has 0 aromatic carbocycles. The summed E-state index contributed by atoms with van der Waals surface area (Å²) in [5, 5.41) is 12.1. The summed E-state index contributed by atoms with van der Waals surface area (Å²) in [6.45, 7) is 9.33. The number of nitriles is 1. The van der Waals surface area contributed by atoms with Crippen LogP contribution in [0.25, 0.3) is 0 Å². The van der Waals surface area contributed by atoms with Crippen LogP contribution in [-0.2, 0) is 10.3 Å². The number of halogens is 1. The second-order valence-electron chi connectivity index (χ2n) is 7.41. The molecule has 1 saturated carbocycles. The van der Waals surface area contributed by atoms with Crippen molar-refractivity contribution in [3.63, 3.8) is 0 Å². The molecule has 2 rings (SSSR count). The second kappa shape index (κ2) is 5.75. The van der Waals surface area contributed by atoms with E-state index in [9.17, 15) is 10.1 Å². The molecule has 1 aliphatic carbocycles. The van der Waals surface area contributed by atoms with E-state index in [1.165, 1.54) is 0 Å². The lowest BCUT2D eigenvalue weighted by Gasteiger charge is -2.48. The number of carbonyl (C=O) groups is 1. The predicted molar refractivity (Wildman–Crippen MR) is 88.5 cm³/mol. The molecule has 23 heavy (non-hydrogen) atoms. The molecule has 0 spiro atoms. The van der Waals surface area contributed by atoms with E-state index in [4.69, 9.17) is 4.74 Å². The lowest BCUT2D eigenvalue weighted by Crippen LogP contribution is -2.54. The van der Waals surface area contributed by atoms with Crippen LogP contribution in [0.3, 0.4) is 0 Å². The fraction of sp³-hybridized carbons (Fsp3) is 0.625. The molecule has 1 heterocycles. The smallest absolute Gasteiger partial charge is 0.408 e. The molecule has 1 fully saturated rings. The van der Waals surface area contributed by atoms with Gasteiger partial charge in [-0.05, 0) is 50.5 Å². The van der Waals surface area contributed by atoms with Crippen LogP contribution in [0.2, 0.25) is 0 Å². The molecule has 1 aliphatic rings. The molecule has 0 atom stereocenters. The molecule has 0 unspecified atom stereocenters. The lowest BCUT2D eigenvalue weighted by molar-refractivity contribution is -0.116. The van der Waals surface area contributed by atoms with E-state index in [1.807, 2.05) is 34.6 Å². The summed E-state index contributed by atoms with van der Waals surface area (Å²) in [4.78, 5) is 21.0. The summed E-state index contributed by atoms with van der Waals surface area (Å²) in [5.74, 6) is 0.440. The maximum atomic E-state index is 12.2. The maximum absolute atomic E-state index is 12.2. The van der Waals surface area contributed by atoms with Gasteiger partial charge in [0.1, 0.15) is 0 Å². The number of aryl methyl sites for hydroxylation is 1. The van der Waals surface area contributed by atoms with Crippen LogP contribution in [0.5, 0.6) is 0 Å². The molecule has 1 N–H and O–H groups in total. The minimum Gasteiger partial charge on any atom is -0.435 e. The molecule has 6 nitrogen and oxygen atoms in total. The number of aromatic nitrogens is 2. The molecular weight excluding hydrogens is 360 g/mol. The number of ether oxygens (including phenoxy) is 1. The zero-order valence-corrected chi connectivity index (χ0v) is 15.6. The third-order valence-electron chi connectivity index (χ3n) is 3.71. The summed E-state index contributed by atoms with van der Waals surface area (Å²) < 4.78 is 6.48. The van der Waals surface area contributed by atoms with Crippen molar-refractivity contribution in [2.75, 3.05) is 0 Å². The van der Waals surface area contributed by atoms with Gasteiger partial charge in [-0.25, -0.2) is 14.8 Å². The normalized spacial score (nSPS) is 26.8. The van der Waals surface area contributed by atoms with Crippen molar-refractivity contribution in [1.29, 1.82) is 5.26 Å². The average molecular weight is 381 g/mol. The quantitative estimate of drug-likeness (QED) is 0.846. The number of hydrogen-bond acceptors (Lipinski definition) is 5. The van der Waals surface area contributed by atoms with E-state index in [-0.39, 0.29) is 0 Å². The summed E-state index contributed by atoms with van der Waals surface area (Å²) in [5.41, 5.74) is -1.13. The van der Waals surface area contributed by atoms with Gasteiger partial charge in [-0.3, -0.25) is 0 Å². The van der Waals surface area contributed by atoms with Gasteiger partial charge in [0, 0.05) is 24.6 Å². The average Bonchev–Trinajstić information content (AvgIpc) is 2.37. The fourth-order valence-corrected chi connectivity index (χ4v) is 2.94. The molecule has 0 aliphatic heterocycles. The number of hydrogen-bond donors (Lipinski definition) is 1. The van der Waals surface area contributed by atoms with Gasteiger partial charge in [-0.15, -0.1) is 0 Å². The Kier molecular flexibility index (Phi) is 4.42. The summed E-state index contributed by atoms with van der Waals surface area (Å²) in [6, 6.07) is 2.27. The fourth-order valence-electron chi connectivity index (χ4n) is 2.74. The van der Waals surface area contributed by atoms with Crippen LogP contribution in [0.1, 0.15) is 52.1 Å². The van der Waals surface area contributed by atoms with Crippen molar-refractivity contribution in [3.8, 4) is 6.07 Å². The van der Waals surface area contributed by atoms with Crippen molar-refractivity contribution in [1.82, 2.24) is 15.3 Å². The van der Waals surface area contributed by atoms with Gasteiger partial charge in [0.05, 0.1) is 21.7 Å². The summed E-state index contributed by atoms with van der Waals surface area (Å²) >= 11 is 3.37. The third-order valence-corrected chi connectivity index (χ3v) is 4.49. The monoisotopic (exact) mass is 380 g/mol. The van der Waals surface area contributed by atoms with E-state index in [0.717, 1.165) is 10.2 Å². The number of carbonyl (C=O) groups excluding carboxylic acids is 1. The topological polar surface area (TPSA) is 87.9 Å². The summed E-state index contributed by atoms with van der Waals surface area (Å²) in [6.07, 6.45) is 1.89. The zero-order chi connectivity index (χ0) is 17.5. The van der Waals surface area contributed by atoms with Crippen LogP contribution >= 0.6 is 15.9 Å². The Hall–Kier alpha value is -1.68. The Bertz CT molecular complexity index is 670. The van der Waals surface area contributed by atoms with Crippen molar-refractivity contribution >= 4 is 22.0 Å². The highest BCUT2D eigenvalue weighted by Gasteiger charge is 2.58. The van der Waals surface area contributed by atoms with Gasteiger partial charge in [-0.2, -0.15) is 5.26 Å². The first-order valence-electron chi connectivity index (χ1n) is 7.41. The number of nitrogens with one attached hydrogen (secondary N) is 1. The highest BCUT2D eigenvalue weighted by molar-refractivity contribution is 9.10. The molecule has 0 saturated heterocycles. The SMILES string of the molecule is Cc1nc(C2(OC(=O)NC(C)(C)C)CC(C)(C#N)C2)ncc1Br. The molecule has 0 bridgehead atoms. The highest BCUT2D eigenvalue weighted by Crippen LogP contribution is 2.55. The molecular formula is C16H21BrN4O2. The first-order chi connectivity index (χ1) is 10.5. The minimum atomic E-state index is -0.953. The van der Waals surface area contributed by atoms with Gasteiger partial charge in [0.25, 0.3) is 0 Å². The van der Waals surface area contributed by atoms with E-state index in [2.05, 4.69) is 37.3 Å². The zero-order valence-electron chi connectivity index (χ0n) is 14.0. The molecule has 0 radical (unpaired) electrons. The molecule has 7 heteroatoms. The molecule has 1 aromatic heterocycles. The number of amides is 1. The van der Waals surface area contributed by atoms with Crippen LogP contribution in [0.4, 0.5) is 4.79 Å². The highest BCUT2D eigenvalue weighted by atomic mass is 79.9. The Morgan fingerprint density at radius 1 is 1.48 bits per heavy atom. The van der Waals surface area contributed by atoms with Gasteiger partial charge in [0.15, 0.2) is 11.4 Å². The van der Waals surface area contributed by atoms with Gasteiger partial charge < -0.3 is 10.1 Å². The number of rotatable bonds is 2. The third kappa shape index (κ3) is 3.81. The van der Waals surface area contributed by atoms with Gasteiger partial charge >= 0.3 is 6.09 Å². The van der Waals surface area contributed by atoms with E-state index in [1.54, 1.807) is 6.20 Å². The molecule has 1 aromatic rings. The van der Waals surface area contributed by atoms with Crippen LogP contribution < -0.4 is 5.32 Å². The van der Waals surface area contributed by atoms with Crippen molar-refractivity contribution in [3.05, 3.63) is 22.2 Å². The largest absolute Gasteiger partial charge is 0.435 e. The first kappa shape index (κ1) is 17.7. The maximum Gasteiger partial charge on any atom is 0.408 e. The van der Waals surface area contributed by atoms with Crippen molar-refractivity contribution in [2.24, 2.45) is 5.41 Å². The number of alkyl carbamates (subject to hydrolysis) is 1. The molecule has 1 amide bonds. The number of nitrogens with zero attached hydrogens (tertiary/aromatic N) is 3. The van der Waals surface area contributed by atoms with E-state index >= 15 is 0 Å². The predicted octanol–water partition coefficient (Wildman–Crippen LogP) is 3.59. The standard InChI is InChI=1S/C16H21BrN4O2/c1-10-11(17)6-19-12(20-10)16(7-15(5,8-16)9-18)23-13(22)21-14(2,3)4/h6H,7-8H2,1-5H3,(H,21,22). The van der Waals surface area contributed by atoms with Crippen molar-refractivity contribution in [2.45, 2.75) is 58.6 Å². The first-order valence-corrected chi connectivity index (χ1v) is 8.20. The van der Waals surface area contributed by atoms with Crippen LogP contribution in [-0.4, -0.2) is 21.6 Å². The van der Waals surface area contributed by atoms with E-state index in [0.29, 0.717) is 18.7 Å². The Labute approximate surface area is 144 Å². The van der Waals surface area contributed by atoms with Crippen molar-refractivity contribution < 1.29 is 9.53 Å².